The maximum absolute atomic E-state index is 12.1. The third kappa shape index (κ3) is 5.67. The Labute approximate surface area is 175 Å². The van der Waals surface area contributed by atoms with Crippen LogP contribution >= 0.6 is 0 Å². The Kier molecular flexibility index (Phi) is 6.80. The monoisotopic (exact) mass is 404 g/mol. The number of benzene rings is 3. The minimum absolute atomic E-state index is 0.0172. The van der Waals surface area contributed by atoms with Gasteiger partial charge in [0.25, 0.3) is 5.91 Å². The summed E-state index contributed by atoms with van der Waals surface area (Å²) >= 11 is 0. The number of nitrogens with one attached hydrogen (secondary N) is 2. The van der Waals surface area contributed by atoms with E-state index >= 15 is 0 Å². The minimum atomic E-state index is -0.599. The third-order valence-corrected chi connectivity index (χ3v) is 4.77. The second-order valence-corrected chi connectivity index (χ2v) is 7.08. The number of carbonyl (C=O) groups excluding carboxylic acids is 3. The van der Waals surface area contributed by atoms with Gasteiger partial charge in [0.2, 0.25) is 5.91 Å². The molecule has 30 heavy (non-hydrogen) atoms. The van der Waals surface area contributed by atoms with E-state index < -0.39 is 18.5 Å². The maximum Gasteiger partial charge on any atom is 0.306 e. The highest BCUT2D eigenvalue weighted by Crippen LogP contribution is 2.22. The fourth-order valence-electron chi connectivity index (χ4n) is 3.00. The van der Waals surface area contributed by atoms with Gasteiger partial charge < -0.3 is 15.4 Å². The zero-order valence-corrected chi connectivity index (χ0v) is 17.0. The van der Waals surface area contributed by atoms with Gasteiger partial charge in [0.15, 0.2) is 6.61 Å². The average Bonchev–Trinajstić information content (AvgIpc) is 2.74. The van der Waals surface area contributed by atoms with E-state index in [-0.39, 0.29) is 18.7 Å². The van der Waals surface area contributed by atoms with Crippen molar-refractivity contribution in [3.05, 3.63) is 71.8 Å². The van der Waals surface area contributed by atoms with E-state index in [1.165, 1.54) is 0 Å². The smallest absolute Gasteiger partial charge is 0.306 e. The van der Waals surface area contributed by atoms with Crippen LogP contribution in [0.15, 0.2) is 60.7 Å². The summed E-state index contributed by atoms with van der Waals surface area (Å²) in [5.74, 6) is -1.31. The molecule has 0 aromatic heterocycles. The summed E-state index contributed by atoms with van der Waals surface area (Å²) in [6.45, 7) is 3.56. The predicted molar refractivity (Wildman–Crippen MR) is 117 cm³/mol. The second-order valence-electron chi connectivity index (χ2n) is 7.08. The average molecular weight is 404 g/mol. The van der Waals surface area contributed by atoms with E-state index in [0.717, 1.165) is 21.9 Å². The van der Waals surface area contributed by atoms with Crippen molar-refractivity contribution in [2.24, 2.45) is 0 Å². The molecule has 0 radical (unpaired) electrons. The van der Waals surface area contributed by atoms with Crippen LogP contribution < -0.4 is 10.6 Å². The normalized spacial score (nSPS) is 10.5. The van der Waals surface area contributed by atoms with Crippen molar-refractivity contribution in [2.75, 3.05) is 17.2 Å². The van der Waals surface area contributed by atoms with Crippen LogP contribution in [-0.2, 0) is 19.1 Å². The molecule has 0 aliphatic rings. The van der Waals surface area contributed by atoms with Crippen LogP contribution in [0.25, 0.3) is 10.8 Å². The highest BCUT2D eigenvalue weighted by Gasteiger charge is 2.12. The van der Waals surface area contributed by atoms with Gasteiger partial charge in [-0.3, -0.25) is 14.4 Å². The Hall–Kier alpha value is -3.67. The molecule has 0 aliphatic carbocycles. The standard InChI is InChI=1S/C24H24N2O4/c1-16-10-11-19(14-17(16)2)25-22(27)12-13-24(29)30-15-23(28)26-21-9-5-7-18-6-3-4-8-20(18)21/h3-11,14H,12-13,15H2,1-2H3,(H,25,27)(H,26,28). The number of amides is 2. The van der Waals surface area contributed by atoms with Crippen molar-refractivity contribution in [1.82, 2.24) is 0 Å². The van der Waals surface area contributed by atoms with Gasteiger partial charge in [0.1, 0.15) is 0 Å². The fraction of sp³-hybridized carbons (Fsp3) is 0.208. The van der Waals surface area contributed by atoms with Gasteiger partial charge in [-0.25, -0.2) is 0 Å². The lowest BCUT2D eigenvalue weighted by atomic mass is 10.1. The molecule has 6 nitrogen and oxygen atoms in total. The van der Waals surface area contributed by atoms with Gasteiger partial charge in [-0.15, -0.1) is 0 Å². The third-order valence-electron chi connectivity index (χ3n) is 4.77. The SMILES string of the molecule is Cc1ccc(NC(=O)CCC(=O)OCC(=O)Nc2cccc3ccccc23)cc1C. The molecule has 2 N–H and O–H groups in total. The molecule has 0 heterocycles. The van der Waals surface area contributed by atoms with Crippen molar-refractivity contribution in [3.8, 4) is 0 Å². The molecular weight excluding hydrogens is 380 g/mol. The van der Waals surface area contributed by atoms with E-state index in [1.54, 1.807) is 6.07 Å². The number of esters is 1. The van der Waals surface area contributed by atoms with Crippen LogP contribution in [0.1, 0.15) is 24.0 Å². The van der Waals surface area contributed by atoms with Crippen molar-refractivity contribution < 1.29 is 19.1 Å². The molecule has 0 aliphatic heterocycles. The van der Waals surface area contributed by atoms with Crippen molar-refractivity contribution in [1.29, 1.82) is 0 Å². The number of hydrogen-bond acceptors (Lipinski definition) is 4. The van der Waals surface area contributed by atoms with Gasteiger partial charge in [0.05, 0.1) is 6.42 Å². The van der Waals surface area contributed by atoms with Crippen molar-refractivity contribution in [3.63, 3.8) is 0 Å². The summed E-state index contributed by atoms with van der Waals surface area (Å²) in [4.78, 5) is 36.0. The lowest BCUT2D eigenvalue weighted by Gasteiger charge is -2.10. The van der Waals surface area contributed by atoms with Crippen LogP contribution in [0.3, 0.4) is 0 Å². The lowest BCUT2D eigenvalue weighted by molar-refractivity contribution is -0.147. The molecule has 3 rings (SSSR count). The molecule has 0 saturated heterocycles. The van der Waals surface area contributed by atoms with Crippen LogP contribution in [0.2, 0.25) is 0 Å². The Morgan fingerprint density at radius 2 is 1.57 bits per heavy atom. The summed E-state index contributed by atoms with van der Waals surface area (Å²) in [6, 6.07) is 18.9. The summed E-state index contributed by atoms with van der Waals surface area (Å²) in [5.41, 5.74) is 3.55. The Balaban J connectivity index is 1.43. The van der Waals surface area contributed by atoms with E-state index in [4.69, 9.17) is 4.74 Å². The zero-order chi connectivity index (χ0) is 21.5. The molecule has 6 heteroatoms. The zero-order valence-electron chi connectivity index (χ0n) is 17.0. The highest BCUT2D eigenvalue weighted by molar-refractivity contribution is 6.02. The lowest BCUT2D eigenvalue weighted by Crippen LogP contribution is -2.22. The molecule has 154 valence electrons. The van der Waals surface area contributed by atoms with Gasteiger partial charge in [-0.2, -0.15) is 0 Å². The topological polar surface area (TPSA) is 84.5 Å². The second kappa shape index (κ2) is 9.69. The minimum Gasteiger partial charge on any atom is -0.456 e. The molecule has 0 unspecified atom stereocenters. The predicted octanol–water partition coefficient (Wildman–Crippen LogP) is 4.36. The molecular formula is C24H24N2O4. The number of aryl methyl sites for hydroxylation is 2. The van der Waals surface area contributed by atoms with Gasteiger partial charge in [-0.05, 0) is 48.6 Å². The number of hydrogen-bond donors (Lipinski definition) is 2. The summed E-state index contributed by atoms with van der Waals surface area (Å²) in [7, 11) is 0. The summed E-state index contributed by atoms with van der Waals surface area (Å²) < 4.78 is 4.99. The summed E-state index contributed by atoms with van der Waals surface area (Å²) in [5, 5.41) is 7.41. The highest BCUT2D eigenvalue weighted by atomic mass is 16.5. The fourth-order valence-corrected chi connectivity index (χ4v) is 3.00. The van der Waals surface area contributed by atoms with Crippen molar-refractivity contribution in [2.45, 2.75) is 26.7 Å². The first-order valence-corrected chi connectivity index (χ1v) is 9.73. The van der Waals surface area contributed by atoms with Gasteiger partial charge >= 0.3 is 5.97 Å². The maximum atomic E-state index is 12.1. The number of carbonyl (C=O) groups is 3. The molecule has 0 saturated carbocycles. The van der Waals surface area contributed by atoms with E-state index in [2.05, 4.69) is 10.6 Å². The van der Waals surface area contributed by atoms with E-state index in [9.17, 15) is 14.4 Å². The van der Waals surface area contributed by atoms with Gasteiger partial charge in [0, 0.05) is 23.2 Å². The van der Waals surface area contributed by atoms with Crippen LogP contribution in [0, 0.1) is 13.8 Å². The first-order chi connectivity index (χ1) is 14.4. The number of fused-ring (bicyclic) bond motifs is 1. The van der Waals surface area contributed by atoms with E-state index in [0.29, 0.717) is 11.4 Å². The van der Waals surface area contributed by atoms with E-state index in [1.807, 2.05) is 68.4 Å². The number of ether oxygens (including phenoxy) is 1. The van der Waals surface area contributed by atoms with Crippen LogP contribution in [-0.4, -0.2) is 24.4 Å². The largest absolute Gasteiger partial charge is 0.456 e. The van der Waals surface area contributed by atoms with Crippen molar-refractivity contribution >= 4 is 39.9 Å². The quantitative estimate of drug-likeness (QED) is 0.573. The number of anilines is 2. The van der Waals surface area contributed by atoms with Gasteiger partial charge in [-0.1, -0.05) is 42.5 Å². The molecule has 0 bridgehead atoms. The Bertz CT molecular complexity index is 1090. The molecule has 0 fully saturated rings. The van der Waals surface area contributed by atoms with Crippen LogP contribution in [0.4, 0.5) is 11.4 Å². The summed E-state index contributed by atoms with van der Waals surface area (Å²) in [6.07, 6.45) is -0.116. The Morgan fingerprint density at radius 3 is 2.37 bits per heavy atom. The molecule has 3 aromatic rings. The molecule has 3 aromatic carbocycles. The molecule has 0 spiro atoms. The first kappa shape index (κ1) is 21.0. The first-order valence-electron chi connectivity index (χ1n) is 9.73. The Morgan fingerprint density at radius 1 is 0.800 bits per heavy atom. The molecule has 0 atom stereocenters. The molecule has 2 amide bonds. The van der Waals surface area contributed by atoms with Crippen LogP contribution in [0.5, 0.6) is 0 Å². The number of rotatable bonds is 7.